The summed E-state index contributed by atoms with van der Waals surface area (Å²) in [6.07, 6.45) is -15.9. The predicted octanol–water partition coefficient (Wildman–Crippen LogP) is 4.03. The van der Waals surface area contributed by atoms with Crippen molar-refractivity contribution < 1.29 is 93.8 Å². The van der Waals surface area contributed by atoms with E-state index in [-0.39, 0.29) is 0 Å². The van der Waals surface area contributed by atoms with Crippen LogP contribution in [0.4, 0.5) is 74.6 Å². The van der Waals surface area contributed by atoms with Gasteiger partial charge < -0.3 is 14.9 Å². The number of amides is 1. The van der Waals surface area contributed by atoms with E-state index in [0.29, 0.717) is 5.32 Å². The lowest BCUT2D eigenvalue weighted by molar-refractivity contribution is -0.883. The zero-order chi connectivity index (χ0) is 32.3. The molecule has 0 aromatic heterocycles. The summed E-state index contributed by atoms with van der Waals surface area (Å²) in [4.78, 5) is 13.9. The van der Waals surface area contributed by atoms with E-state index in [2.05, 4.69) is 0 Å². The fourth-order valence-corrected chi connectivity index (χ4v) is 3.43. The lowest BCUT2D eigenvalue weighted by Crippen LogP contribution is -2.88. The molecule has 1 rings (SSSR count). The molecular formula is C16H16F17N4O3+. The largest absolute Gasteiger partial charge is 0.477 e. The molecule has 1 saturated heterocycles. The van der Waals surface area contributed by atoms with Crippen LogP contribution in [0.15, 0.2) is 0 Å². The zero-order valence-electron chi connectivity index (χ0n) is 19.4. The summed E-state index contributed by atoms with van der Waals surface area (Å²) in [7, 11) is 2.31. The zero-order valence-corrected chi connectivity index (χ0v) is 19.4. The first-order valence-electron chi connectivity index (χ1n) is 9.92. The Bertz CT molecular complexity index is 953. The number of hydrogen-bond donors (Lipinski definition) is 2. The maximum Gasteiger partial charge on any atom is 0.469 e. The summed E-state index contributed by atoms with van der Waals surface area (Å²) < 4.78 is 233. The van der Waals surface area contributed by atoms with Crippen LogP contribution in [-0.2, 0) is 9.59 Å². The summed E-state index contributed by atoms with van der Waals surface area (Å²) in [6.45, 7) is -2.53. The molecule has 236 valence electrons. The minimum absolute atomic E-state index is 0.456. The molecule has 1 fully saturated rings. The molecule has 1 aliphatic heterocycles. The number of nitrogens with one attached hydrogen (secondary N) is 1. The van der Waals surface area contributed by atoms with Gasteiger partial charge in [0, 0.05) is 13.0 Å². The van der Waals surface area contributed by atoms with Gasteiger partial charge in [0.1, 0.15) is 0 Å². The van der Waals surface area contributed by atoms with Crippen molar-refractivity contribution in [3.8, 4) is 0 Å². The van der Waals surface area contributed by atoms with E-state index < -0.39 is 101 Å². The maximum absolute atomic E-state index is 14.8. The topological polar surface area (TPSA) is 72.9 Å². The third kappa shape index (κ3) is 5.44. The van der Waals surface area contributed by atoms with Crippen molar-refractivity contribution >= 4 is 11.9 Å². The summed E-state index contributed by atoms with van der Waals surface area (Å²) in [6, 6.07) is -40.1. The van der Waals surface area contributed by atoms with Crippen LogP contribution < -0.4 is 5.32 Å². The third-order valence-electron chi connectivity index (χ3n) is 5.29. The van der Waals surface area contributed by atoms with E-state index >= 15 is 0 Å². The number of carboxylic acids is 1. The number of rotatable bonds is 9. The van der Waals surface area contributed by atoms with Crippen molar-refractivity contribution in [3.05, 3.63) is 0 Å². The van der Waals surface area contributed by atoms with Crippen LogP contribution >= 0.6 is 0 Å². The highest BCUT2D eigenvalue weighted by atomic mass is 19.4. The Kier molecular flexibility index (Phi) is 8.80. The molecule has 0 aliphatic carbocycles. The van der Waals surface area contributed by atoms with E-state index in [1.807, 2.05) is 0 Å². The fraction of sp³-hybridized carbons (Fsp3) is 0.875. The molecule has 0 bridgehead atoms. The minimum atomic E-state index is -8.16. The number of likely N-dealkylation sites (N-methyl/N-ethyl adjacent to an activating group) is 1. The third-order valence-corrected chi connectivity index (χ3v) is 5.29. The first-order chi connectivity index (χ1) is 17.3. The van der Waals surface area contributed by atoms with E-state index in [0.717, 1.165) is 14.1 Å². The van der Waals surface area contributed by atoms with Crippen LogP contribution in [0.5, 0.6) is 0 Å². The van der Waals surface area contributed by atoms with Gasteiger partial charge in [0.2, 0.25) is 0 Å². The molecule has 7 nitrogen and oxygen atoms in total. The summed E-state index contributed by atoms with van der Waals surface area (Å²) >= 11 is 0. The van der Waals surface area contributed by atoms with E-state index in [9.17, 15) is 84.2 Å². The van der Waals surface area contributed by atoms with Gasteiger partial charge in [-0.1, -0.05) is 4.90 Å². The van der Waals surface area contributed by atoms with Crippen molar-refractivity contribution in [2.24, 2.45) is 0 Å². The Morgan fingerprint density at radius 1 is 0.750 bits per heavy atom. The maximum atomic E-state index is 14.8. The normalized spacial score (nSPS) is 23.4. The SMILES string of the molecule is C[N+](C)(CCCNC(=O)C(F)(C(F)(F)F)C(F)(F)N1C(F)(F)C(F)(F)N(C(F)(F)F)C(F)(F)C1(F)F)CC(=O)O. The highest BCUT2D eigenvalue weighted by Gasteiger charge is 2.96. The second-order valence-corrected chi connectivity index (χ2v) is 8.82. The van der Waals surface area contributed by atoms with E-state index in [4.69, 9.17) is 5.11 Å². The molecule has 0 aromatic rings. The number of hydrogen-bond acceptors (Lipinski definition) is 4. The second-order valence-electron chi connectivity index (χ2n) is 8.82. The minimum Gasteiger partial charge on any atom is -0.477 e. The molecule has 1 heterocycles. The van der Waals surface area contributed by atoms with Crippen LogP contribution in [0.2, 0.25) is 0 Å². The average Bonchev–Trinajstić information content (AvgIpc) is 2.64. The fourth-order valence-electron chi connectivity index (χ4n) is 3.43. The molecule has 24 heteroatoms. The number of halogens is 17. The Balaban J connectivity index is 3.66. The van der Waals surface area contributed by atoms with Crippen molar-refractivity contribution in [2.75, 3.05) is 33.7 Å². The van der Waals surface area contributed by atoms with Gasteiger partial charge in [-0.3, -0.25) is 4.79 Å². The molecule has 0 saturated carbocycles. The van der Waals surface area contributed by atoms with Gasteiger partial charge in [-0.05, 0) is 0 Å². The monoisotopic (exact) mass is 635 g/mol. The van der Waals surface area contributed by atoms with Gasteiger partial charge in [-0.2, -0.15) is 70.2 Å². The molecule has 1 unspecified atom stereocenters. The van der Waals surface area contributed by atoms with Crippen molar-refractivity contribution in [2.45, 2.75) is 54.8 Å². The molecule has 0 spiro atoms. The lowest BCUT2D eigenvalue weighted by Gasteiger charge is -2.55. The first-order valence-corrected chi connectivity index (χ1v) is 9.92. The number of carbonyl (C=O) groups excluding carboxylic acids is 1. The predicted molar refractivity (Wildman–Crippen MR) is 91.5 cm³/mol. The highest BCUT2D eigenvalue weighted by Crippen LogP contribution is 2.65. The van der Waals surface area contributed by atoms with Gasteiger partial charge in [-0.15, -0.1) is 4.90 Å². The van der Waals surface area contributed by atoms with Crippen LogP contribution in [0.3, 0.4) is 0 Å². The summed E-state index contributed by atoms with van der Waals surface area (Å²) in [5.41, 5.74) is -7.50. The molecule has 1 amide bonds. The highest BCUT2D eigenvalue weighted by molar-refractivity contribution is 5.87. The van der Waals surface area contributed by atoms with E-state index in [1.54, 1.807) is 0 Å². The first kappa shape index (κ1) is 35.7. The van der Waals surface area contributed by atoms with Gasteiger partial charge in [0.25, 0.3) is 5.91 Å². The lowest BCUT2D eigenvalue weighted by atomic mass is 9.97. The summed E-state index contributed by atoms with van der Waals surface area (Å²) in [5.74, 6) is -5.32. The van der Waals surface area contributed by atoms with Crippen LogP contribution in [0.25, 0.3) is 0 Å². The van der Waals surface area contributed by atoms with Crippen LogP contribution in [0.1, 0.15) is 6.42 Å². The van der Waals surface area contributed by atoms with E-state index in [1.165, 1.54) is 0 Å². The van der Waals surface area contributed by atoms with Gasteiger partial charge in [0.15, 0.2) is 6.54 Å². The number of quaternary nitrogens is 1. The molecule has 2 N–H and O–H groups in total. The Labute approximate surface area is 210 Å². The number of carbonyl (C=O) groups is 2. The molecular weight excluding hydrogens is 619 g/mol. The number of alkyl halides is 17. The molecule has 1 atom stereocenters. The standard InChI is InChI=1S/C16H15F17N4O3/c1-37(2,6-7(38)39)5-3-4-34-8(40)9(17,10(18,19)20)11(21,22)35-12(23,24)14(27,28)36(16(31,32)33)15(29,30)13(35,25)26/h3-6H2,1-2H3,(H-,34,38,39,40)/p+1. The molecule has 0 radical (unpaired) electrons. The Morgan fingerprint density at radius 3 is 1.45 bits per heavy atom. The van der Waals surface area contributed by atoms with Crippen molar-refractivity contribution in [1.82, 2.24) is 15.1 Å². The van der Waals surface area contributed by atoms with Gasteiger partial charge in [0.05, 0.1) is 20.6 Å². The van der Waals surface area contributed by atoms with Crippen molar-refractivity contribution in [1.29, 1.82) is 0 Å². The van der Waals surface area contributed by atoms with Gasteiger partial charge in [-0.25, -0.2) is 9.18 Å². The van der Waals surface area contributed by atoms with Crippen LogP contribution in [-0.4, -0.2) is 113 Å². The number of nitrogens with zero attached hydrogens (tertiary/aromatic N) is 3. The number of piperazine rings is 1. The molecule has 1 aliphatic rings. The quantitative estimate of drug-likeness (QED) is 0.174. The van der Waals surface area contributed by atoms with Crippen molar-refractivity contribution in [3.63, 3.8) is 0 Å². The summed E-state index contributed by atoms with van der Waals surface area (Å²) in [5, 5.41) is 9.36. The average molecular weight is 635 g/mol. The second kappa shape index (κ2) is 9.87. The molecule has 40 heavy (non-hydrogen) atoms. The molecule has 0 aromatic carbocycles. The Hall–Kier alpha value is -2.37. The van der Waals surface area contributed by atoms with Crippen LogP contribution in [0, 0.1) is 0 Å². The van der Waals surface area contributed by atoms with Gasteiger partial charge >= 0.3 is 54.3 Å². The number of aliphatic carboxylic acids is 1. The number of carboxylic acid groups (broad SMARTS) is 1. The smallest absolute Gasteiger partial charge is 0.469 e. The Morgan fingerprint density at radius 2 is 1.12 bits per heavy atom.